The molecule has 4 aromatic rings. The van der Waals surface area contributed by atoms with Gasteiger partial charge in [-0.15, -0.1) is 0 Å². The van der Waals surface area contributed by atoms with E-state index in [1.807, 2.05) is 54.3 Å². The van der Waals surface area contributed by atoms with Crippen LogP contribution >= 0.6 is 0 Å². The van der Waals surface area contributed by atoms with Crippen LogP contribution in [-0.4, -0.2) is 42.0 Å². The van der Waals surface area contributed by atoms with E-state index in [2.05, 4.69) is 32.2 Å². The summed E-state index contributed by atoms with van der Waals surface area (Å²) in [6.45, 7) is 0. The summed E-state index contributed by atoms with van der Waals surface area (Å²) in [6, 6.07) is 16.1. The quantitative estimate of drug-likeness (QED) is 0.523. The molecule has 3 heterocycles. The number of aromatic nitrogens is 5. The summed E-state index contributed by atoms with van der Waals surface area (Å²) in [5.74, 6) is -2.00. The maximum absolute atomic E-state index is 10.6. The Morgan fingerprint density at radius 3 is 2.33 bits per heavy atom. The number of alkyl halides is 3. The molecule has 7 nitrogen and oxygen atoms in total. The Kier molecular flexibility index (Phi) is 5.95. The number of aromatic amines is 1. The van der Waals surface area contributed by atoms with Crippen molar-refractivity contribution in [3.63, 3.8) is 0 Å². The van der Waals surface area contributed by atoms with Gasteiger partial charge >= 0.3 is 12.1 Å². The standard InChI is InChI=1S/C18H15N5.C2HF3O2/c1-23-17(8-10-21-23)14-7-9-19-15(11-14)18-20-12-16(22-18)13-5-3-2-4-6-13;3-2(4,5)1(6)7/h2-12H,1H3,(H,20,22);(H,6,7). The number of carboxylic acid groups (broad SMARTS) is 1. The molecule has 154 valence electrons. The van der Waals surface area contributed by atoms with Crippen LogP contribution in [0.2, 0.25) is 0 Å². The fourth-order valence-electron chi connectivity index (χ4n) is 2.59. The second-order valence-electron chi connectivity index (χ2n) is 6.08. The molecule has 0 atom stereocenters. The van der Waals surface area contributed by atoms with Crippen molar-refractivity contribution in [3.8, 4) is 34.0 Å². The molecule has 0 spiro atoms. The van der Waals surface area contributed by atoms with Crippen molar-refractivity contribution in [2.45, 2.75) is 6.18 Å². The number of imidazole rings is 1. The van der Waals surface area contributed by atoms with E-state index in [0.29, 0.717) is 0 Å². The highest BCUT2D eigenvalue weighted by Gasteiger charge is 2.38. The van der Waals surface area contributed by atoms with Crippen molar-refractivity contribution < 1.29 is 23.1 Å². The van der Waals surface area contributed by atoms with E-state index in [0.717, 1.165) is 34.0 Å². The molecular weight excluding hydrogens is 399 g/mol. The lowest BCUT2D eigenvalue weighted by molar-refractivity contribution is -0.192. The number of H-pyrrole nitrogens is 1. The minimum Gasteiger partial charge on any atom is -0.475 e. The van der Waals surface area contributed by atoms with Crippen molar-refractivity contribution in [3.05, 3.63) is 67.1 Å². The first-order valence-corrected chi connectivity index (χ1v) is 8.61. The predicted molar refractivity (Wildman–Crippen MR) is 103 cm³/mol. The topological polar surface area (TPSA) is 96.7 Å². The van der Waals surface area contributed by atoms with Gasteiger partial charge in [-0.1, -0.05) is 30.3 Å². The number of hydrogen-bond donors (Lipinski definition) is 2. The van der Waals surface area contributed by atoms with E-state index in [-0.39, 0.29) is 0 Å². The molecule has 0 aliphatic rings. The zero-order valence-electron chi connectivity index (χ0n) is 15.6. The van der Waals surface area contributed by atoms with E-state index in [1.54, 1.807) is 12.4 Å². The van der Waals surface area contributed by atoms with Gasteiger partial charge in [0.15, 0.2) is 5.82 Å². The third-order valence-corrected chi connectivity index (χ3v) is 4.02. The molecule has 2 N–H and O–H groups in total. The van der Waals surface area contributed by atoms with Crippen molar-refractivity contribution in [2.75, 3.05) is 0 Å². The van der Waals surface area contributed by atoms with Crippen LogP contribution in [-0.2, 0) is 11.8 Å². The first-order chi connectivity index (χ1) is 14.3. The van der Waals surface area contributed by atoms with Gasteiger partial charge in [-0.3, -0.25) is 9.67 Å². The summed E-state index contributed by atoms with van der Waals surface area (Å²) in [5, 5.41) is 11.3. The molecule has 0 fully saturated rings. The van der Waals surface area contributed by atoms with Crippen LogP contribution in [0, 0.1) is 0 Å². The Bertz CT molecular complexity index is 1140. The van der Waals surface area contributed by atoms with Gasteiger partial charge in [-0.05, 0) is 23.8 Å². The van der Waals surface area contributed by atoms with E-state index in [4.69, 9.17) is 9.90 Å². The van der Waals surface area contributed by atoms with E-state index in [9.17, 15) is 13.2 Å². The molecule has 0 aliphatic carbocycles. The third kappa shape index (κ3) is 4.90. The molecule has 0 amide bonds. The van der Waals surface area contributed by atoms with Gasteiger partial charge < -0.3 is 10.1 Å². The van der Waals surface area contributed by atoms with Gasteiger partial charge in [0.1, 0.15) is 5.69 Å². The van der Waals surface area contributed by atoms with Crippen molar-refractivity contribution in [2.24, 2.45) is 7.05 Å². The van der Waals surface area contributed by atoms with Crippen LogP contribution in [0.5, 0.6) is 0 Å². The molecular formula is C20H16F3N5O2. The Morgan fingerprint density at radius 2 is 1.73 bits per heavy atom. The molecule has 0 saturated heterocycles. The fraction of sp³-hybridized carbons (Fsp3) is 0.100. The van der Waals surface area contributed by atoms with Gasteiger partial charge in [0.05, 0.1) is 17.6 Å². The number of benzene rings is 1. The first-order valence-electron chi connectivity index (χ1n) is 8.61. The molecule has 0 radical (unpaired) electrons. The Hall–Kier alpha value is -3.95. The number of rotatable bonds is 3. The van der Waals surface area contributed by atoms with E-state index < -0.39 is 12.1 Å². The van der Waals surface area contributed by atoms with Crippen molar-refractivity contribution >= 4 is 5.97 Å². The molecule has 0 bridgehead atoms. The summed E-state index contributed by atoms with van der Waals surface area (Å²) >= 11 is 0. The van der Waals surface area contributed by atoms with Crippen LogP contribution in [0.1, 0.15) is 0 Å². The predicted octanol–water partition coefficient (Wildman–Crippen LogP) is 4.17. The summed E-state index contributed by atoms with van der Waals surface area (Å²) in [6.07, 6.45) is 0.335. The van der Waals surface area contributed by atoms with Gasteiger partial charge in [-0.25, -0.2) is 9.78 Å². The van der Waals surface area contributed by atoms with Crippen LogP contribution in [0.25, 0.3) is 34.0 Å². The molecule has 1 aromatic carbocycles. The Balaban J connectivity index is 0.000000318. The number of aliphatic carboxylic acids is 1. The zero-order valence-corrected chi connectivity index (χ0v) is 15.6. The maximum Gasteiger partial charge on any atom is 0.490 e. The summed E-state index contributed by atoms with van der Waals surface area (Å²) in [4.78, 5) is 21.1. The van der Waals surface area contributed by atoms with Crippen molar-refractivity contribution in [1.82, 2.24) is 24.7 Å². The number of nitrogens with zero attached hydrogens (tertiary/aromatic N) is 4. The lowest BCUT2D eigenvalue weighted by atomic mass is 10.1. The molecule has 4 rings (SSSR count). The van der Waals surface area contributed by atoms with Crippen molar-refractivity contribution in [1.29, 1.82) is 0 Å². The molecule has 0 unspecified atom stereocenters. The number of halogens is 3. The highest BCUT2D eigenvalue weighted by atomic mass is 19.4. The minimum absolute atomic E-state index is 0.757. The van der Waals surface area contributed by atoms with Crippen LogP contribution in [0.3, 0.4) is 0 Å². The third-order valence-electron chi connectivity index (χ3n) is 4.02. The number of pyridine rings is 1. The van der Waals surface area contributed by atoms with E-state index in [1.165, 1.54) is 0 Å². The smallest absolute Gasteiger partial charge is 0.475 e. The minimum atomic E-state index is -5.08. The second-order valence-corrected chi connectivity index (χ2v) is 6.08. The number of carboxylic acids is 1. The molecule has 0 saturated carbocycles. The van der Waals surface area contributed by atoms with Gasteiger partial charge in [-0.2, -0.15) is 18.3 Å². The van der Waals surface area contributed by atoms with Crippen LogP contribution in [0.15, 0.2) is 67.1 Å². The largest absolute Gasteiger partial charge is 0.490 e. The highest BCUT2D eigenvalue weighted by Crippen LogP contribution is 2.24. The van der Waals surface area contributed by atoms with Gasteiger partial charge in [0, 0.05) is 25.0 Å². The lowest BCUT2D eigenvalue weighted by Crippen LogP contribution is -2.21. The lowest BCUT2D eigenvalue weighted by Gasteiger charge is -2.03. The SMILES string of the molecule is Cn1nccc1-c1ccnc(-c2ncc(-c3ccccc3)[nH]2)c1.O=C(O)C(F)(F)F. The Morgan fingerprint density at radius 1 is 1.03 bits per heavy atom. The highest BCUT2D eigenvalue weighted by molar-refractivity contribution is 5.73. The van der Waals surface area contributed by atoms with Gasteiger partial charge in [0.2, 0.25) is 0 Å². The molecule has 30 heavy (non-hydrogen) atoms. The van der Waals surface area contributed by atoms with Gasteiger partial charge in [0.25, 0.3) is 0 Å². The van der Waals surface area contributed by atoms with Crippen LogP contribution in [0.4, 0.5) is 13.2 Å². The number of carbonyl (C=O) groups is 1. The molecule has 0 aliphatic heterocycles. The second kappa shape index (κ2) is 8.60. The summed E-state index contributed by atoms with van der Waals surface area (Å²) in [7, 11) is 1.93. The maximum atomic E-state index is 10.6. The number of nitrogens with one attached hydrogen (secondary N) is 1. The molecule has 10 heteroatoms. The average Bonchev–Trinajstić information content (AvgIpc) is 3.38. The zero-order chi connectivity index (χ0) is 21.7. The van der Waals surface area contributed by atoms with E-state index >= 15 is 0 Å². The average molecular weight is 415 g/mol. The Labute approximate surface area is 168 Å². The number of aryl methyl sites for hydroxylation is 1. The monoisotopic (exact) mass is 415 g/mol. The van der Waals surface area contributed by atoms with Crippen LogP contribution < -0.4 is 0 Å². The fourth-order valence-corrected chi connectivity index (χ4v) is 2.59. The molecule has 3 aromatic heterocycles. The summed E-state index contributed by atoms with van der Waals surface area (Å²) < 4.78 is 33.6. The first kappa shape index (κ1) is 20.8. The normalized spacial score (nSPS) is 10.9. The number of hydrogen-bond acceptors (Lipinski definition) is 4. The summed E-state index contributed by atoms with van der Waals surface area (Å²) in [5.41, 5.74) is 5.00.